The van der Waals surface area contributed by atoms with Crippen LogP contribution in [0.25, 0.3) is 34.1 Å². The Balaban J connectivity index is 0.000000283. The van der Waals surface area contributed by atoms with E-state index < -0.39 is 0 Å². The van der Waals surface area contributed by atoms with Gasteiger partial charge in [-0.15, -0.1) is 10.2 Å². The zero-order chi connectivity index (χ0) is 42.4. The summed E-state index contributed by atoms with van der Waals surface area (Å²) >= 11 is 6.24. The number of fused-ring (bicyclic) bond motifs is 2. The van der Waals surface area contributed by atoms with Crippen molar-refractivity contribution in [2.75, 3.05) is 37.5 Å². The molecule has 324 valence electrons. The van der Waals surface area contributed by atoms with E-state index in [1.165, 1.54) is 64.2 Å². The Hall–Kier alpha value is -5.18. The molecule has 0 radical (unpaired) electrons. The lowest BCUT2D eigenvalue weighted by molar-refractivity contribution is -0.155. The fourth-order valence-electron chi connectivity index (χ4n) is 6.48. The van der Waals surface area contributed by atoms with E-state index in [1.54, 1.807) is 9.26 Å². The average Bonchev–Trinajstić information content (AvgIpc) is 4.01. The van der Waals surface area contributed by atoms with Crippen LogP contribution in [0.4, 0.5) is 11.4 Å². The molecule has 4 heterocycles. The van der Waals surface area contributed by atoms with Gasteiger partial charge < -0.3 is 24.8 Å². The SMILES string of the molecule is CCCCCCCCC=CCCCCCCCC(=O)OCOCNc1ccc(-c2nc3c(Cl)c(C)[nH]n3n2)cc1.CCOCNc1cccc(-c2nc3cc(C)[nH]n3n2)c1. The highest BCUT2D eigenvalue weighted by Gasteiger charge is 2.13. The summed E-state index contributed by atoms with van der Waals surface area (Å²) in [5.74, 6) is 1.09. The largest absolute Gasteiger partial charge is 0.438 e. The fraction of sp³-hybridized carbons (Fsp3) is 0.489. The summed E-state index contributed by atoms with van der Waals surface area (Å²) in [7, 11) is 0. The van der Waals surface area contributed by atoms with Gasteiger partial charge in [-0.3, -0.25) is 15.0 Å². The van der Waals surface area contributed by atoms with Gasteiger partial charge in [0.2, 0.25) is 0 Å². The first-order chi connectivity index (χ1) is 29.3. The van der Waals surface area contributed by atoms with Crippen LogP contribution in [0.1, 0.15) is 115 Å². The lowest BCUT2D eigenvalue weighted by Crippen LogP contribution is -2.12. The number of aryl methyl sites for hydroxylation is 2. The van der Waals surface area contributed by atoms with Crippen molar-refractivity contribution in [3.63, 3.8) is 0 Å². The van der Waals surface area contributed by atoms with E-state index in [-0.39, 0.29) is 19.5 Å². The number of aromatic nitrogens is 8. The highest BCUT2D eigenvalue weighted by atomic mass is 35.5. The number of nitrogens with one attached hydrogen (secondary N) is 4. The van der Waals surface area contributed by atoms with Gasteiger partial charge in [0.25, 0.3) is 0 Å². The predicted molar refractivity (Wildman–Crippen MR) is 240 cm³/mol. The molecule has 0 unspecified atom stereocenters. The van der Waals surface area contributed by atoms with Crippen LogP contribution in [-0.2, 0) is 19.0 Å². The quantitative estimate of drug-likeness (QED) is 0.0179. The number of nitrogens with zero attached hydrogens (tertiary/aromatic N) is 6. The van der Waals surface area contributed by atoms with Crippen LogP contribution in [0, 0.1) is 13.8 Å². The number of ether oxygens (including phenoxy) is 3. The first-order valence-electron chi connectivity index (χ1n) is 21.5. The maximum Gasteiger partial charge on any atom is 0.307 e. The Morgan fingerprint density at radius 2 is 1.40 bits per heavy atom. The number of esters is 1. The van der Waals surface area contributed by atoms with Gasteiger partial charge in [-0.05, 0) is 89.3 Å². The molecule has 2 aromatic carbocycles. The van der Waals surface area contributed by atoms with Crippen LogP contribution in [-0.4, -0.2) is 72.5 Å². The second-order valence-corrected chi connectivity index (χ2v) is 15.2. The van der Waals surface area contributed by atoms with Crippen molar-refractivity contribution in [3.8, 4) is 22.8 Å². The first-order valence-corrected chi connectivity index (χ1v) is 21.9. The fourth-order valence-corrected chi connectivity index (χ4v) is 6.65. The number of hydrogen-bond acceptors (Lipinski definition) is 10. The van der Waals surface area contributed by atoms with Gasteiger partial charge in [0, 0.05) is 47.3 Å². The van der Waals surface area contributed by atoms with Gasteiger partial charge >= 0.3 is 5.97 Å². The third-order valence-corrected chi connectivity index (χ3v) is 10.3. The molecule has 14 nitrogen and oxygen atoms in total. The molecular formula is C45H63ClN10O4. The summed E-state index contributed by atoms with van der Waals surface area (Å²) in [4.78, 5) is 20.9. The predicted octanol–water partition coefficient (Wildman–Crippen LogP) is 11.0. The molecule has 0 aliphatic rings. The average molecular weight is 844 g/mol. The van der Waals surface area contributed by atoms with Crippen molar-refractivity contribution in [3.05, 3.63) is 83.2 Å². The summed E-state index contributed by atoms with van der Waals surface area (Å²) in [6.07, 6.45) is 21.2. The molecule has 0 amide bonds. The second-order valence-electron chi connectivity index (χ2n) is 14.8. The van der Waals surface area contributed by atoms with Gasteiger partial charge in [0.1, 0.15) is 18.5 Å². The van der Waals surface area contributed by atoms with Crippen molar-refractivity contribution in [2.45, 2.75) is 118 Å². The summed E-state index contributed by atoms with van der Waals surface area (Å²) < 4.78 is 19.1. The molecule has 0 spiro atoms. The molecule has 4 N–H and O–H groups in total. The topological polar surface area (TPSA) is 161 Å². The number of anilines is 2. The van der Waals surface area contributed by atoms with E-state index in [0.29, 0.717) is 42.1 Å². The number of carbonyl (C=O) groups is 1. The molecule has 4 aromatic heterocycles. The minimum absolute atomic E-state index is 0.0557. The third-order valence-electron chi connectivity index (χ3n) is 9.84. The second kappa shape index (κ2) is 25.4. The van der Waals surface area contributed by atoms with Crippen LogP contribution in [0.15, 0.2) is 66.7 Å². The Kier molecular flexibility index (Phi) is 19.5. The van der Waals surface area contributed by atoms with Crippen molar-refractivity contribution < 1.29 is 19.0 Å². The van der Waals surface area contributed by atoms with Crippen molar-refractivity contribution in [1.29, 1.82) is 0 Å². The molecule has 0 saturated carbocycles. The zero-order valence-electron chi connectivity index (χ0n) is 35.8. The highest BCUT2D eigenvalue weighted by Crippen LogP contribution is 2.24. The van der Waals surface area contributed by atoms with Crippen molar-refractivity contribution >= 4 is 40.2 Å². The summed E-state index contributed by atoms with van der Waals surface area (Å²) in [5.41, 5.74) is 7.02. The van der Waals surface area contributed by atoms with Crippen LogP contribution in [0.5, 0.6) is 0 Å². The Bertz CT molecular complexity index is 2140. The number of rotatable bonds is 26. The lowest BCUT2D eigenvalue weighted by Gasteiger charge is -2.09. The van der Waals surface area contributed by atoms with Crippen LogP contribution >= 0.6 is 11.6 Å². The van der Waals surface area contributed by atoms with Gasteiger partial charge in [-0.25, -0.2) is 9.97 Å². The molecule has 60 heavy (non-hydrogen) atoms. The first kappa shape index (κ1) is 45.9. The monoisotopic (exact) mass is 842 g/mol. The van der Waals surface area contributed by atoms with E-state index in [9.17, 15) is 4.79 Å². The molecule has 0 fully saturated rings. The van der Waals surface area contributed by atoms with E-state index in [1.807, 2.05) is 75.4 Å². The molecule has 0 saturated heterocycles. The lowest BCUT2D eigenvalue weighted by atomic mass is 10.1. The number of hydrogen-bond donors (Lipinski definition) is 4. The standard InChI is InChI=1S/C31H46ClN5O3.C14H17N5O/c1-3-4-5-6-7-8-9-10-11-12-13-14-15-16-17-18-28(38)40-24-39-23-33-27-21-19-26(20-22-27)30-34-31-29(32)25(2)35-37(31)36-30;1-3-20-9-15-12-6-4-5-11(8-12)14-16-13-7-10(2)17-19(13)18-14/h10-11,19-22,33,35H,3-9,12-18,23-24H2,1-2H3;4-8,15,17H,3,9H2,1-2H3. The maximum absolute atomic E-state index is 11.9. The zero-order valence-corrected chi connectivity index (χ0v) is 36.5. The number of allylic oxidation sites excluding steroid dienone is 2. The molecule has 6 rings (SSSR count). The Labute approximate surface area is 358 Å². The molecule has 0 atom stereocenters. The van der Waals surface area contributed by atoms with E-state index >= 15 is 0 Å². The van der Waals surface area contributed by atoms with E-state index in [4.69, 9.17) is 25.8 Å². The van der Waals surface area contributed by atoms with Crippen LogP contribution in [0.2, 0.25) is 5.02 Å². The normalized spacial score (nSPS) is 11.4. The van der Waals surface area contributed by atoms with Gasteiger partial charge in [0.15, 0.2) is 29.7 Å². The Morgan fingerprint density at radius 3 is 2.12 bits per heavy atom. The number of unbranched alkanes of at least 4 members (excludes halogenated alkanes) is 11. The third kappa shape index (κ3) is 15.1. The highest BCUT2D eigenvalue weighted by molar-refractivity contribution is 6.34. The molecule has 0 aliphatic heterocycles. The number of carbonyl (C=O) groups excluding carboxylic acids is 1. The number of benzene rings is 2. The van der Waals surface area contributed by atoms with E-state index in [0.717, 1.165) is 58.8 Å². The summed E-state index contributed by atoms with van der Waals surface area (Å²) in [6, 6.07) is 17.6. The molecular weight excluding hydrogens is 780 g/mol. The van der Waals surface area contributed by atoms with Gasteiger partial charge in [0.05, 0.1) is 5.69 Å². The minimum Gasteiger partial charge on any atom is -0.438 e. The molecule has 15 heteroatoms. The van der Waals surface area contributed by atoms with Gasteiger partial charge in [-0.1, -0.05) is 94.2 Å². The van der Waals surface area contributed by atoms with Crippen molar-refractivity contribution in [2.24, 2.45) is 0 Å². The molecule has 0 bridgehead atoms. The molecule has 6 aromatic rings. The van der Waals surface area contributed by atoms with Crippen LogP contribution < -0.4 is 10.6 Å². The minimum atomic E-state index is -0.207. The van der Waals surface area contributed by atoms with Crippen LogP contribution in [0.3, 0.4) is 0 Å². The Morgan fingerprint density at radius 1 is 0.733 bits per heavy atom. The number of halogens is 1. The van der Waals surface area contributed by atoms with E-state index in [2.05, 4.69) is 60.1 Å². The van der Waals surface area contributed by atoms with Gasteiger partial charge in [-0.2, -0.15) is 9.26 Å². The summed E-state index contributed by atoms with van der Waals surface area (Å²) in [5, 5.41) is 21.9. The van der Waals surface area contributed by atoms with Crippen molar-refractivity contribution in [1.82, 2.24) is 39.6 Å². The smallest absolute Gasteiger partial charge is 0.307 e. The molecule has 0 aliphatic carbocycles. The number of H-pyrrole nitrogens is 2. The maximum atomic E-state index is 11.9. The summed E-state index contributed by atoms with van der Waals surface area (Å²) in [6.45, 7) is 9.46. The number of aromatic amines is 2.